The van der Waals surface area contributed by atoms with Gasteiger partial charge in [-0.25, -0.2) is 0 Å². The van der Waals surface area contributed by atoms with Crippen LogP contribution in [-0.2, 0) is 9.47 Å². The van der Waals surface area contributed by atoms with E-state index in [1.165, 1.54) is 44.9 Å². The molecule has 0 aromatic rings. The summed E-state index contributed by atoms with van der Waals surface area (Å²) in [6.45, 7) is 11.9. The third-order valence-electron chi connectivity index (χ3n) is 7.50. The molecule has 2 aliphatic carbocycles. The van der Waals surface area contributed by atoms with E-state index in [1.54, 1.807) is 0 Å². The topological polar surface area (TPSA) is 18.5 Å². The Hall–Kier alpha value is -0.0800. The van der Waals surface area contributed by atoms with E-state index in [4.69, 9.17) is 9.47 Å². The molecule has 0 amide bonds. The average Bonchev–Trinajstić information content (AvgIpc) is 3.02. The lowest BCUT2D eigenvalue weighted by molar-refractivity contribution is -0.188. The van der Waals surface area contributed by atoms with Crippen molar-refractivity contribution in [3.05, 3.63) is 0 Å². The molecule has 1 saturated heterocycles. The van der Waals surface area contributed by atoms with Gasteiger partial charge in [0.05, 0.1) is 12.2 Å². The minimum absolute atomic E-state index is 0.0689. The third kappa shape index (κ3) is 2.45. The number of rotatable bonds is 7. The Morgan fingerprint density at radius 1 is 1.14 bits per heavy atom. The molecule has 0 N–H and O–H groups in total. The lowest BCUT2D eigenvalue weighted by Gasteiger charge is -2.39. The van der Waals surface area contributed by atoms with Gasteiger partial charge in [0.2, 0.25) is 0 Å². The zero-order valence-corrected chi connectivity index (χ0v) is 15.4. The monoisotopic (exact) mass is 308 g/mol. The molecule has 2 heteroatoms. The van der Waals surface area contributed by atoms with Gasteiger partial charge in [0.1, 0.15) is 0 Å². The van der Waals surface area contributed by atoms with Crippen LogP contribution < -0.4 is 0 Å². The highest BCUT2D eigenvalue weighted by Crippen LogP contribution is 2.71. The Balaban J connectivity index is 1.62. The van der Waals surface area contributed by atoms with Crippen LogP contribution in [0.5, 0.6) is 0 Å². The predicted octanol–water partition coefficient (Wildman–Crippen LogP) is 5.55. The summed E-state index contributed by atoms with van der Waals surface area (Å²) in [5.74, 6) is 1.59. The van der Waals surface area contributed by atoms with Gasteiger partial charge in [-0.1, -0.05) is 53.9 Å². The van der Waals surface area contributed by atoms with E-state index in [0.717, 1.165) is 18.3 Å². The molecular weight excluding hydrogens is 272 g/mol. The summed E-state index contributed by atoms with van der Waals surface area (Å²) in [7, 11) is 0. The van der Waals surface area contributed by atoms with Gasteiger partial charge in [-0.15, -0.1) is 0 Å². The highest BCUT2D eigenvalue weighted by molar-refractivity contribution is 5.16. The molecule has 6 atom stereocenters. The Kier molecular flexibility index (Phi) is 4.64. The van der Waals surface area contributed by atoms with E-state index in [-0.39, 0.29) is 6.29 Å². The van der Waals surface area contributed by atoms with E-state index in [1.807, 2.05) is 0 Å². The van der Waals surface area contributed by atoms with Crippen molar-refractivity contribution in [2.45, 2.75) is 104 Å². The van der Waals surface area contributed by atoms with Gasteiger partial charge in [-0.05, 0) is 48.3 Å². The highest BCUT2D eigenvalue weighted by atomic mass is 16.7. The van der Waals surface area contributed by atoms with Crippen molar-refractivity contribution in [1.82, 2.24) is 0 Å². The van der Waals surface area contributed by atoms with Crippen molar-refractivity contribution in [3.63, 3.8) is 0 Å². The van der Waals surface area contributed by atoms with Gasteiger partial charge in [0.25, 0.3) is 0 Å². The van der Waals surface area contributed by atoms with Crippen LogP contribution >= 0.6 is 0 Å². The Morgan fingerprint density at radius 3 is 2.55 bits per heavy atom. The largest absolute Gasteiger partial charge is 0.349 e. The quantitative estimate of drug-likeness (QED) is 0.614. The first-order valence-corrected chi connectivity index (χ1v) is 9.75. The fourth-order valence-electron chi connectivity index (χ4n) is 5.82. The second-order valence-corrected chi connectivity index (χ2v) is 8.86. The van der Waals surface area contributed by atoms with E-state index < -0.39 is 0 Å². The number of ether oxygens (including phenoxy) is 2. The van der Waals surface area contributed by atoms with Crippen LogP contribution in [0.2, 0.25) is 0 Å². The van der Waals surface area contributed by atoms with Crippen LogP contribution in [-0.4, -0.2) is 18.5 Å². The summed E-state index contributed by atoms with van der Waals surface area (Å²) >= 11 is 0. The van der Waals surface area contributed by atoms with Crippen molar-refractivity contribution in [2.24, 2.45) is 22.7 Å². The molecule has 1 aliphatic heterocycles. The maximum Gasteiger partial charge on any atom is 0.158 e. The molecule has 3 rings (SSSR count). The van der Waals surface area contributed by atoms with Crippen LogP contribution in [0.3, 0.4) is 0 Å². The van der Waals surface area contributed by atoms with E-state index in [9.17, 15) is 0 Å². The second kappa shape index (κ2) is 6.09. The fraction of sp³-hybridized carbons (Fsp3) is 1.00. The average molecular weight is 309 g/mol. The standard InChI is InChI=1S/C20H36O2/c1-6-8-10-14(9-7-2)21-17-13-15-16-11-12-20(5,18(15)22-17)19(16,3)4/h14-18H,6-13H2,1-5H3/t14-,15+,16-,17+,18+,20+/m1/s1. The Labute approximate surface area is 137 Å². The first kappa shape index (κ1) is 16.8. The second-order valence-electron chi connectivity index (χ2n) is 8.86. The molecule has 2 nitrogen and oxygen atoms in total. The van der Waals surface area contributed by atoms with Crippen LogP contribution in [0.4, 0.5) is 0 Å². The summed E-state index contributed by atoms with van der Waals surface area (Å²) in [6, 6.07) is 0. The first-order chi connectivity index (χ1) is 10.4. The van der Waals surface area contributed by atoms with Gasteiger partial charge in [-0.2, -0.15) is 0 Å². The Morgan fingerprint density at radius 2 is 1.91 bits per heavy atom. The van der Waals surface area contributed by atoms with Crippen LogP contribution in [0.1, 0.15) is 86.0 Å². The van der Waals surface area contributed by atoms with Gasteiger partial charge >= 0.3 is 0 Å². The van der Waals surface area contributed by atoms with Crippen molar-refractivity contribution >= 4 is 0 Å². The van der Waals surface area contributed by atoms with Crippen LogP contribution in [0.15, 0.2) is 0 Å². The van der Waals surface area contributed by atoms with E-state index in [2.05, 4.69) is 34.6 Å². The van der Waals surface area contributed by atoms with E-state index in [0.29, 0.717) is 23.0 Å². The number of hydrogen-bond acceptors (Lipinski definition) is 2. The number of fused-ring (bicyclic) bond motifs is 5. The summed E-state index contributed by atoms with van der Waals surface area (Å²) < 4.78 is 12.9. The lowest BCUT2D eigenvalue weighted by atomic mass is 9.70. The summed E-state index contributed by atoms with van der Waals surface area (Å²) in [4.78, 5) is 0. The predicted molar refractivity (Wildman–Crippen MR) is 90.7 cm³/mol. The molecule has 0 spiro atoms. The Bertz CT molecular complexity index is 391. The third-order valence-corrected chi connectivity index (χ3v) is 7.50. The van der Waals surface area contributed by atoms with Crippen molar-refractivity contribution < 1.29 is 9.47 Å². The smallest absolute Gasteiger partial charge is 0.158 e. The van der Waals surface area contributed by atoms with Crippen LogP contribution in [0, 0.1) is 22.7 Å². The normalized spacial score (nSPS) is 43.5. The van der Waals surface area contributed by atoms with Crippen molar-refractivity contribution in [1.29, 1.82) is 0 Å². The maximum absolute atomic E-state index is 6.49. The molecule has 2 saturated carbocycles. The summed E-state index contributed by atoms with van der Waals surface area (Å²) in [6.07, 6.45) is 10.9. The number of unbranched alkanes of at least 4 members (excludes halogenated alkanes) is 1. The molecule has 0 aromatic heterocycles. The highest BCUT2D eigenvalue weighted by Gasteiger charge is 2.69. The molecule has 0 unspecified atom stereocenters. The lowest BCUT2D eigenvalue weighted by Crippen LogP contribution is -2.38. The molecule has 2 bridgehead atoms. The molecule has 22 heavy (non-hydrogen) atoms. The molecule has 3 aliphatic rings. The fourth-order valence-corrected chi connectivity index (χ4v) is 5.82. The molecule has 128 valence electrons. The SMILES string of the molecule is CCCC[C@@H](CCC)O[C@@H]1C[C@H]2[C@H]3CC[C@@](C)([C@H]2O1)C3(C)C. The maximum atomic E-state index is 6.49. The summed E-state index contributed by atoms with van der Waals surface area (Å²) in [5.41, 5.74) is 0.808. The number of hydrogen-bond donors (Lipinski definition) is 0. The molecule has 1 heterocycles. The first-order valence-electron chi connectivity index (χ1n) is 9.75. The van der Waals surface area contributed by atoms with Crippen LogP contribution in [0.25, 0.3) is 0 Å². The molecule has 0 aromatic carbocycles. The van der Waals surface area contributed by atoms with Crippen molar-refractivity contribution in [2.75, 3.05) is 0 Å². The van der Waals surface area contributed by atoms with Crippen molar-refractivity contribution in [3.8, 4) is 0 Å². The van der Waals surface area contributed by atoms with E-state index >= 15 is 0 Å². The molecule has 3 fully saturated rings. The zero-order valence-electron chi connectivity index (χ0n) is 15.4. The summed E-state index contributed by atoms with van der Waals surface area (Å²) in [5, 5.41) is 0. The van der Waals surface area contributed by atoms with Gasteiger partial charge in [-0.3, -0.25) is 0 Å². The van der Waals surface area contributed by atoms with Gasteiger partial charge < -0.3 is 9.47 Å². The minimum atomic E-state index is 0.0689. The zero-order chi connectivity index (χ0) is 16.0. The van der Waals surface area contributed by atoms with Gasteiger partial charge in [0.15, 0.2) is 6.29 Å². The van der Waals surface area contributed by atoms with Gasteiger partial charge in [0, 0.05) is 6.42 Å². The minimum Gasteiger partial charge on any atom is -0.349 e. The molecular formula is C20H36O2. The molecule has 0 radical (unpaired) electrons.